The van der Waals surface area contributed by atoms with Crippen LogP contribution in [0, 0.1) is 0 Å². The highest BCUT2D eigenvalue weighted by molar-refractivity contribution is 6.03. The van der Waals surface area contributed by atoms with Gasteiger partial charge in [-0.15, -0.1) is 0 Å². The third kappa shape index (κ3) is 3.59. The van der Waals surface area contributed by atoms with Gasteiger partial charge in [-0.3, -0.25) is 4.79 Å². The molecule has 0 bridgehead atoms. The molecule has 4 rings (SSSR count). The molecule has 0 aliphatic carbocycles. The van der Waals surface area contributed by atoms with E-state index in [0.29, 0.717) is 5.69 Å². The molecule has 2 heterocycles. The van der Waals surface area contributed by atoms with E-state index in [1.54, 1.807) is 24.5 Å². The second-order valence-corrected chi connectivity index (χ2v) is 6.11. The Morgan fingerprint density at radius 2 is 1.75 bits per heavy atom. The summed E-state index contributed by atoms with van der Waals surface area (Å²) in [5.41, 5.74) is 1.80. The van der Waals surface area contributed by atoms with Crippen LogP contribution in [0.15, 0.2) is 77.4 Å². The SMILES string of the molecule is O=C(Nc1ccc(C(F)(F)F)cc1)c1cccc(-c2ccc3occc3c2)n1. The zero-order valence-electron chi connectivity index (χ0n) is 14.3. The molecule has 4 nitrogen and oxygen atoms in total. The number of hydrogen-bond acceptors (Lipinski definition) is 3. The zero-order chi connectivity index (χ0) is 19.7. The predicted molar refractivity (Wildman–Crippen MR) is 98.8 cm³/mol. The minimum absolute atomic E-state index is 0.157. The molecule has 2 aromatic carbocycles. The van der Waals surface area contributed by atoms with Crippen LogP contribution < -0.4 is 5.32 Å². The van der Waals surface area contributed by atoms with Gasteiger partial charge in [0.15, 0.2) is 0 Å². The molecule has 0 atom stereocenters. The van der Waals surface area contributed by atoms with Gasteiger partial charge in [-0.1, -0.05) is 6.07 Å². The van der Waals surface area contributed by atoms with E-state index in [-0.39, 0.29) is 11.4 Å². The molecule has 0 aliphatic heterocycles. The van der Waals surface area contributed by atoms with Gasteiger partial charge in [0.05, 0.1) is 17.5 Å². The zero-order valence-corrected chi connectivity index (χ0v) is 14.3. The van der Waals surface area contributed by atoms with Gasteiger partial charge >= 0.3 is 6.18 Å². The lowest BCUT2D eigenvalue weighted by molar-refractivity contribution is -0.137. The van der Waals surface area contributed by atoms with Crippen LogP contribution in [0.3, 0.4) is 0 Å². The van der Waals surface area contributed by atoms with Crippen molar-refractivity contribution in [2.45, 2.75) is 6.18 Å². The Labute approximate surface area is 157 Å². The quantitative estimate of drug-likeness (QED) is 0.490. The average Bonchev–Trinajstić information content (AvgIpc) is 3.15. The van der Waals surface area contributed by atoms with Gasteiger partial charge in [-0.2, -0.15) is 13.2 Å². The normalized spacial score (nSPS) is 11.5. The number of nitrogens with one attached hydrogen (secondary N) is 1. The van der Waals surface area contributed by atoms with Crippen molar-refractivity contribution in [3.63, 3.8) is 0 Å². The number of aromatic nitrogens is 1. The standard InChI is InChI=1S/C21H13F3N2O2/c22-21(23,24)15-5-7-16(8-6-15)25-20(27)18-3-1-2-17(26-18)13-4-9-19-14(12-13)10-11-28-19/h1-12H,(H,25,27). The summed E-state index contributed by atoms with van der Waals surface area (Å²) in [5, 5.41) is 3.47. The number of hydrogen-bond donors (Lipinski definition) is 1. The van der Waals surface area contributed by atoms with Gasteiger partial charge in [0.25, 0.3) is 5.91 Å². The Bertz CT molecular complexity index is 1150. The van der Waals surface area contributed by atoms with Crippen molar-refractivity contribution in [3.05, 3.63) is 84.3 Å². The summed E-state index contributed by atoms with van der Waals surface area (Å²) in [6.07, 6.45) is -2.83. The smallest absolute Gasteiger partial charge is 0.416 e. The highest BCUT2D eigenvalue weighted by Gasteiger charge is 2.30. The van der Waals surface area contributed by atoms with Gasteiger partial charge in [0.1, 0.15) is 11.3 Å². The molecule has 0 fully saturated rings. The number of alkyl halides is 3. The number of furan rings is 1. The van der Waals surface area contributed by atoms with Crippen LogP contribution in [0.1, 0.15) is 16.1 Å². The molecule has 28 heavy (non-hydrogen) atoms. The van der Waals surface area contributed by atoms with Crippen molar-refractivity contribution in [2.75, 3.05) is 5.32 Å². The summed E-state index contributed by atoms with van der Waals surface area (Å²) in [6, 6.07) is 16.7. The Kier molecular flexibility index (Phi) is 4.35. The van der Waals surface area contributed by atoms with Crippen LogP contribution in [-0.4, -0.2) is 10.9 Å². The molecule has 0 unspecified atom stereocenters. The summed E-state index contributed by atoms with van der Waals surface area (Å²) in [6.45, 7) is 0. The maximum absolute atomic E-state index is 12.6. The van der Waals surface area contributed by atoms with E-state index in [9.17, 15) is 18.0 Å². The van der Waals surface area contributed by atoms with E-state index in [2.05, 4.69) is 10.3 Å². The van der Waals surface area contributed by atoms with Gasteiger partial charge in [-0.25, -0.2) is 4.98 Å². The van der Waals surface area contributed by atoms with Crippen molar-refractivity contribution in [1.82, 2.24) is 4.98 Å². The van der Waals surface area contributed by atoms with E-state index >= 15 is 0 Å². The number of carbonyl (C=O) groups is 1. The molecule has 140 valence electrons. The summed E-state index contributed by atoms with van der Waals surface area (Å²) >= 11 is 0. The molecule has 0 aliphatic rings. The molecule has 1 N–H and O–H groups in total. The van der Waals surface area contributed by atoms with Gasteiger partial charge in [0, 0.05) is 16.6 Å². The van der Waals surface area contributed by atoms with Crippen LogP contribution in [-0.2, 0) is 6.18 Å². The van der Waals surface area contributed by atoms with Crippen LogP contribution in [0.25, 0.3) is 22.2 Å². The first-order valence-corrected chi connectivity index (χ1v) is 8.33. The average molecular weight is 382 g/mol. The Hall–Kier alpha value is -3.61. The number of carbonyl (C=O) groups excluding carboxylic acids is 1. The predicted octanol–water partition coefficient (Wildman–Crippen LogP) is 5.77. The molecule has 7 heteroatoms. The summed E-state index contributed by atoms with van der Waals surface area (Å²) in [4.78, 5) is 16.8. The molecule has 0 radical (unpaired) electrons. The fourth-order valence-electron chi connectivity index (χ4n) is 2.79. The van der Waals surface area contributed by atoms with E-state index in [1.165, 1.54) is 12.1 Å². The maximum atomic E-state index is 12.6. The Balaban J connectivity index is 1.56. The molecule has 0 spiro atoms. The highest BCUT2D eigenvalue weighted by Crippen LogP contribution is 2.30. The molecule has 2 aromatic heterocycles. The second kappa shape index (κ2) is 6.84. The number of fused-ring (bicyclic) bond motifs is 1. The van der Waals surface area contributed by atoms with Crippen molar-refractivity contribution in [2.24, 2.45) is 0 Å². The summed E-state index contributed by atoms with van der Waals surface area (Å²) < 4.78 is 43.2. The summed E-state index contributed by atoms with van der Waals surface area (Å²) in [5.74, 6) is -0.508. The second-order valence-electron chi connectivity index (χ2n) is 6.11. The maximum Gasteiger partial charge on any atom is 0.416 e. The van der Waals surface area contributed by atoms with Crippen LogP contribution in [0.2, 0.25) is 0 Å². The van der Waals surface area contributed by atoms with Gasteiger partial charge in [0.2, 0.25) is 0 Å². The molecular formula is C21H13F3N2O2. The van der Waals surface area contributed by atoms with E-state index in [4.69, 9.17) is 4.42 Å². The number of nitrogens with zero attached hydrogens (tertiary/aromatic N) is 1. The number of amides is 1. The van der Waals surface area contributed by atoms with Crippen molar-refractivity contribution < 1.29 is 22.4 Å². The number of benzene rings is 2. The van der Waals surface area contributed by atoms with Crippen LogP contribution in [0.5, 0.6) is 0 Å². The largest absolute Gasteiger partial charge is 0.464 e. The topological polar surface area (TPSA) is 55.1 Å². The third-order valence-electron chi connectivity index (χ3n) is 4.20. The molecular weight excluding hydrogens is 369 g/mol. The van der Waals surface area contributed by atoms with Crippen molar-refractivity contribution >= 4 is 22.6 Å². The van der Waals surface area contributed by atoms with Crippen LogP contribution >= 0.6 is 0 Å². The third-order valence-corrected chi connectivity index (χ3v) is 4.20. The van der Waals surface area contributed by atoms with E-state index < -0.39 is 17.6 Å². The first-order chi connectivity index (χ1) is 13.4. The van der Waals surface area contributed by atoms with Gasteiger partial charge in [-0.05, 0) is 60.7 Å². The molecule has 1 amide bonds. The van der Waals surface area contributed by atoms with Crippen molar-refractivity contribution in [3.8, 4) is 11.3 Å². The molecule has 0 saturated heterocycles. The Morgan fingerprint density at radius 1 is 0.964 bits per heavy atom. The lowest BCUT2D eigenvalue weighted by Crippen LogP contribution is -2.14. The first kappa shape index (κ1) is 17.8. The molecule has 4 aromatic rings. The lowest BCUT2D eigenvalue weighted by Gasteiger charge is -2.09. The minimum atomic E-state index is -4.42. The first-order valence-electron chi connectivity index (χ1n) is 8.33. The number of pyridine rings is 1. The summed E-state index contributed by atoms with van der Waals surface area (Å²) in [7, 11) is 0. The monoisotopic (exact) mass is 382 g/mol. The fraction of sp³-hybridized carbons (Fsp3) is 0.0476. The minimum Gasteiger partial charge on any atom is -0.464 e. The van der Waals surface area contributed by atoms with Gasteiger partial charge < -0.3 is 9.73 Å². The van der Waals surface area contributed by atoms with E-state index in [1.807, 2.05) is 24.3 Å². The number of anilines is 1. The van der Waals surface area contributed by atoms with E-state index in [0.717, 1.165) is 28.7 Å². The van der Waals surface area contributed by atoms with Crippen molar-refractivity contribution in [1.29, 1.82) is 0 Å². The lowest BCUT2D eigenvalue weighted by atomic mass is 10.1. The Morgan fingerprint density at radius 3 is 2.50 bits per heavy atom. The highest BCUT2D eigenvalue weighted by atomic mass is 19.4. The van der Waals surface area contributed by atoms with Crippen LogP contribution in [0.4, 0.5) is 18.9 Å². The number of halogens is 3. The molecule has 0 saturated carbocycles. The fourth-order valence-corrected chi connectivity index (χ4v) is 2.79. The number of rotatable bonds is 3.